The van der Waals surface area contributed by atoms with Crippen LogP contribution in [0.15, 0.2) is 42.0 Å². The average Bonchev–Trinajstić information content (AvgIpc) is 2.54. The summed E-state index contributed by atoms with van der Waals surface area (Å²) in [5, 5.41) is 0. The van der Waals surface area contributed by atoms with E-state index in [1.54, 1.807) is 6.07 Å². The molecule has 0 radical (unpaired) electrons. The van der Waals surface area contributed by atoms with E-state index in [2.05, 4.69) is 30.1 Å². The molecule has 1 heterocycles. The molecule has 1 unspecified atom stereocenters. The molecule has 1 atom stereocenters. The molecule has 1 aliphatic carbocycles. The number of allylic oxidation sites excluding steroid dienone is 2. The van der Waals surface area contributed by atoms with Gasteiger partial charge in [-0.3, -0.25) is 0 Å². The van der Waals surface area contributed by atoms with E-state index >= 15 is 0 Å². The lowest BCUT2D eigenvalue weighted by Crippen LogP contribution is -2.39. The Morgan fingerprint density at radius 2 is 2.27 bits per heavy atom. The first-order chi connectivity index (χ1) is 10.7. The van der Waals surface area contributed by atoms with Gasteiger partial charge in [-0.15, -0.1) is 0 Å². The number of carbonyl (C=O) groups excluding carboxylic acids is 1. The molecule has 0 amide bonds. The predicted octanol–water partition coefficient (Wildman–Crippen LogP) is 3.34. The Kier molecular flexibility index (Phi) is 4.18. The molecule has 2 aliphatic rings. The molecule has 22 heavy (non-hydrogen) atoms. The lowest BCUT2D eigenvalue weighted by Gasteiger charge is -2.35. The minimum Gasteiger partial charge on any atom is -0.487 e. The normalized spacial score (nSPS) is 20.0. The molecule has 1 aromatic carbocycles. The van der Waals surface area contributed by atoms with E-state index in [0.29, 0.717) is 5.56 Å². The van der Waals surface area contributed by atoms with Gasteiger partial charge in [0.1, 0.15) is 11.9 Å². The van der Waals surface area contributed by atoms with E-state index in [9.17, 15) is 4.79 Å². The molecule has 0 aromatic heterocycles. The Morgan fingerprint density at radius 1 is 1.41 bits per heavy atom. The third-order valence-electron chi connectivity index (χ3n) is 3.97. The second kappa shape index (κ2) is 6.26. The number of hydrogen-bond acceptors (Lipinski definition) is 4. The van der Waals surface area contributed by atoms with Gasteiger partial charge in [-0.05, 0) is 43.5 Å². The zero-order valence-electron chi connectivity index (χ0n) is 13.0. The average molecular weight is 299 g/mol. The molecule has 3 rings (SSSR count). The molecule has 0 saturated heterocycles. The lowest BCUT2D eigenvalue weighted by atomic mass is 10.0. The zero-order chi connectivity index (χ0) is 15.5. The van der Waals surface area contributed by atoms with Gasteiger partial charge in [0.05, 0.1) is 24.9 Å². The molecule has 0 bridgehead atoms. The van der Waals surface area contributed by atoms with Crippen molar-refractivity contribution in [1.29, 1.82) is 0 Å². The smallest absolute Gasteiger partial charge is 0.337 e. The van der Waals surface area contributed by atoms with Crippen molar-refractivity contribution in [2.24, 2.45) is 0 Å². The van der Waals surface area contributed by atoms with E-state index in [1.165, 1.54) is 12.7 Å². The maximum atomic E-state index is 11.8. The minimum atomic E-state index is -0.321. The monoisotopic (exact) mass is 299 g/mol. The number of esters is 1. The van der Waals surface area contributed by atoms with Gasteiger partial charge in [0.25, 0.3) is 0 Å². The summed E-state index contributed by atoms with van der Waals surface area (Å²) in [6, 6.07) is 5.47. The summed E-state index contributed by atoms with van der Waals surface area (Å²) >= 11 is 0. The van der Waals surface area contributed by atoms with E-state index in [0.717, 1.165) is 37.4 Å². The number of benzene rings is 1. The van der Waals surface area contributed by atoms with Crippen molar-refractivity contribution in [3.8, 4) is 5.75 Å². The topological polar surface area (TPSA) is 38.8 Å². The highest BCUT2D eigenvalue weighted by Gasteiger charge is 2.24. The zero-order valence-corrected chi connectivity index (χ0v) is 13.0. The summed E-state index contributed by atoms with van der Waals surface area (Å²) in [4.78, 5) is 14.0. The summed E-state index contributed by atoms with van der Waals surface area (Å²) < 4.78 is 10.7. The molecule has 0 saturated carbocycles. The van der Waals surface area contributed by atoms with Gasteiger partial charge in [0.15, 0.2) is 0 Å². The van der Waals surface area contributed by atoms with Gasteiger partial charge in [-0.25, -0.2) is 4.79 Å². The van der Waals surface area contributed by atoms with Crippen LogP contribution in [0.25, 0.3) is 0 Å². The van der Waals surface area contributed by atoms with Crippen LogP contribution in [0, 0.1) is 0 Å². The number of fused-ring (bicyclic) bond motifs is 1. The number of hydrogen-bond donors (Lipinski definition) is 0. The highest BCUT2D eigenvalue weighted by atomic mass is 16.5. The summed E-state index contributed by atoms with van der Waals surface area (Å²) in [6.07, 6.45) is 9.03. The summed E-state index contributed by atoms with van der Waals surface area (Å²) in [5.74, 6) is 0.505. The maximum Gasteiger partial charge on any atom is 0.337 e. The van der Waals surface area contributed by atoms with E-state index in [-0.39, 0.29) is 12.1 Å². The van der Waals surface area contributed by atoms with Gasteiger partial charge in [-0.2, -0.15) is 0 Å². The van der Waals surface area contributed by atoms with Crippen LogP contribution in [0.3, 0.4) is 0 Å². The molecule has 116 valence electrons. The highest BCUT2D eigenvalue weighted by molar-refractivity contribution is 5.91. The quantitative estimate of drug-likeness (QED) is 0.802. The molecule has 0 N–H and O–H groups in total. The first kappa shape index (κ1) is 14.7. The fourth-order valence-electron chi connectivity index (χ4n) is 2.93. The van der Waals surface area contributed by atoms with Crippen molar-refractivity contribution >= 4 is 11.7 Å². The fraction of sp³-hybridized carbons (Fsp3) is 0.389. The Hall–Kier alpha value is -2.23. The van der Waals surface area contributed by atoms with E-state index in [1.807, 2.05) is 12.1 Å². The largest absolute Gasteiger partial charge is 0.487 e. The Bertz CT molecular complexity index is 633. The number of rotatable bonds is 3. The second-order valence-electron chi connectivity index (χ2n) is 5.74. The summed E-state index contributed by atoms with van der Waals surface area (Å²) in [7, 11) is 1.40. The summed E-state index contributed by atoms with van der Waals surface area (Å²) in [5.41, 5.74) is 2.83. The van der Waals surface area contributed by atoms with E-state index < -0.39 is 0 Å². The molecule has 1 aromatic rings. The predicted molar refractivity (Wildman–Crippen MR) is 86.5 cm³/mol. The summed E-state index contributed by atoms with van der Waals surface area (Å²) in [6.45, 7) is 3.71. The van der Waals surface area contributed by atoms with Crippen molar-refractivity contribution in [2.45, 2.75) is 25.9 Å². The van der Waals surface area contributed by atoms with Crippen LogP contribution in [0.4, 0.5) is 5.69 Å². The molecule has 0 fully saturated rings. The van der Waals surface area contributed by atoms with Gasteiger partial charge in [0, 0.05) is 6.54 Å². The Morgan fingerprint density at radius 3 is 3.00 bits per heavy atom. The van der Waals surface area contributed by atoms with Crippen molar-refractivity contribution in [2.75, 3.05) is 25.1 Å². The van der Waals surface area contributed by atoms with Crippen LogP contribution in [0.1, 0.15) is 30.1 Å². The Balaban J connectivity index is 1.90. The Labute approximate surface area is 131 Å². The molecule has 0 spiro atoms. The van der Waals surface area contributed by atoms with E-state index in [4.69, 9.17) is 9.47 Å². The highest BCUT2D eigenvalue weighted by Crippen LogP contribution is 2.35. The third-order valence-corrected chi connectivity index (χ3v) is 3.97. The van der Waals surface area contributed by atoms with Crippen LogP contribution in [0.5, 0.6) is 5.75 Å². The SMILES string of the molecule is COC(=O)c1ccc2c(c1)N(CC1=CCCC=C1)CC(C)O2. The third kappa shape index (κ3) is 3.01. The number of carbonyl (C=O) groups is 1. The van der Waals surface area contributed by atoms with Crippen LogP contribution in [0.2, 0.25) is 0 Å². The molecular formula is C18H21NO3. The van der Waals surface area contributed by atoms with Crippen LogP contribution >= 0.6 is 0 Å². The first-order valence-corrected chi connectivity index (χ1v) is 7.67. The van der Waals surface area contributed by atoms with Crippen molar-refractivity contribution < 1.29 is 14.3 Å². The fourth-order valence-corrected chi connectivity index (χ4v) is 2.93. The van der Waals surface area contributed by atoms with Gasteiger partial charge >= 0.3 is 5.97 Å². The first-order valence-electron chi connectivity index (χ1n) is 7.67. The van der Waals surface area contributed by atoms with Crippen LogP contribution in [-0.4, -0.2) is 32.3 Å². The maximum absolute atomic E-state index is 11.8. The number of anilines is 1. The molecular weight excluding hydrogens is 278 g/mol. The number of methoxy groups -OCH3 is 1. The van der Waals surface area contributed by atoms with Crippen molar-refractivity contribution in [1.82, 2.24) is 0 Å². The number of nitrogens with zero attached hydrogens (tertiary/aromatic N) is 1. The minimum absolute atomic E-state index is 0.129. The molecule has 4 nitrogen and oxygen atoms in total. The van der Waals surface area contributed by atoms with Crippen molar-refractivity contribution in [3.63, 3.8) is 0 Å². The van der Waals surface area contributed by atoms with Gasteiger partial charge in [-0.1, -0.05) is 18.2 Å². The second-order valence-corrected chi connectivity index (χ2v) is 5.74. The molecule has 4 heteroatoms. The van der Waals surface area contributed by atoms with Gasteiger partial charge < -0.3 is 14.4 Å². The van der Waals surface area contributed by atoms with Crippen LogP contribution in [-0.2, 0) is 4.74 Å². The molecule has 1 aliphatic heterocycles. The van der Waals surface area contributed by atoms with Crippen molar-refractivity contribution in [3.05, 3.63) is 47.6 Å². The lowest BCUT2D eigenvalue weighted by molar-refractivity contribution is 0.0600. The van der Waals surface area contributed by atoms with Gasteiger partial charge in [0.2, 0.25) is 0 Å². The number of ether oxygens (including phenoxy) is 2. The van der Waals surface area contributed by atoms with Crippen LogP contribution < -0.4 is 9.64 Å². The standard InChI is InChI=1S/C18H21NO3/c1-13-11-19(12-14-6-4-3-5-7-14)16-10-15(18(20)21-2)8-9-17(16)22-13/h4,6-10,13H,3,5,11-12H2,1-2H3.